The van der Waals surface area contributed by atoms with Crippen LogP contribution in [0.4, 0.5) is 0 Å². The van der Waals surface area contributed by atoms with E-state index in [-0.39, 0.29) is 17.5 Å². The zero-order valence-corrected chi connectivity index (χ0v) is 19.9. The molecule has 0 radical (unpaired) electrons. The van der Waals surface area contributed by atoms with Gasteiger partial charge in [0, 0.05) is 12.3 Å². The Labute approximate surface area is 188 Å². The molecule has 2 nitrogen and oxygen atoms in total. The number of hydrogen-bond donors (Lipinski definition) is 0. The second kappa shape index (κ2) is 7.78. The number of ether oxygens (including phenoxy) is 1. The molecule has 0 aromatic heterocycles. The summed E-state index contributed by atoms with van der Waals surface area (Å²) in [6.45, 7) is 9.12. The van der Waals surface area contributed by atoms with Gasteiger partial charge in [0.05, 0.1) is 0 Å². The lowest BCUT2D eigenvalue weighted by Gasteiger charge is -2.60. The molecule has 2 heteroatoms. The quantitative estimate of drug-likeness (QED) is 0.470. The van der Waals surface area contributed by atoms with Gasteiger partial charge in [-0.25, -0.2) is 0 Å². The summed E-state index contributed by atoms with van der Waals surface area (Å²) >= 11 is 0. The largest absolute Gasteiger partial charge is 0.457 e. The van der Waals surface area contributed by atoms with E-state index in [1.165, 1.54) is 56.1 Å². The fourth-order valence-corrected chi connectivity index (χ4v) is 8.59. The van der Waals surface area contributed by atoms with Crippen molar-refractivity contribution in [1.82, 2.24) is 0 Å². The van der Waals surface area contributed by atoms with Crippen molar-refractivity contribution in [3.63, 3.8) is 0 Å². The van der Waals surface area contributed by atoms with Crippen molar-refractivity contribution in [2.75, 3.05) is 0 Å². The molecule has 31 heavy (non-hydrogen) atoms. The average Bonchev–Trinajstić information content (AvgIpc) is 3.00. The predicted octanol–water partition coefficient (Wildman–Crippen LogP) is 7.29. The normalized spacial score (nSPS) is 45.5. The molecule has 4 aliphatic carbocycles. The van der Waals surface area contributed by atoms with E-state index in [1.54, 1.807) is 6.92 Å². The Hall–Kier alpha value is -1.57. The van der Waals surface area contributed by atoms with Gasteiger partial charge < -0.3 is 4.74 Å². The van der Waals surface area contributed by atoms with E-state index in [1.807, 2.05) is 0 Å². The zero-order chi connectivity index (χ0) is 21.8. The highest BCUT2D eigenvalue weighted by Gasteiger charge is 2.62. The molecule has 0 unspecified atom stereocenters. The second-order valence-corrected chi connectivity index (χ2v) is 11.9. The van der Waals surface area contributed by atoms with Gasteiger partial charge in [0.15, 0.2) is 0 Å². The van der Waals surface area contributed by atoms with Gasteiger partial charge in [0.2, 0.25) is 0 Å². The number of fused-ring (bicyclic) bond motifs is 5. The molecular formula is C29H40O2. The van der Waals surface area contributed by atoms with Crippen molar-refractivity contribution in [3.8, 4) is 0 Å². The maximum atomic E-state index is 12.1. The fourth-order valence-electron chi connectivity index (χ4n) is 8.59. The van der Waals surface area contributed by atoms with Crippen LogP contribution >= 0.6 is 0 Å². The molecule has 0 bridgehead atoms. The molecule has 0 spiro atoms. The van der Waals surface area contributed by atoms with Crippen LogP contribution < -0.4 is 0 Å². The molecule has 0 saturated heterocycles. The number of benzene rings is 1. The highest BCUT2D eigenvalue weighted by molar-refractivity contribution is 5.67. The van der Waals surface area contributed by atoms with Crippen molar-refractivity contribution >= 4 is 12.0 Å². The van der Waals surface area contributed by atoms with Gasteiger partial charge in [-0.1, -0.05) is 63.6 Å². The molecule has 0 heterocycles. The first-order valence-corrected chi connectivity index (χ1v) is 12.7. The first-order valence-electron chi connectivity index (χ1n) is 12.7. The van der Waals surface area contributed by atoms with Crippen molar-refractivity contribution in [2.45, 2.75) is 85.2 Å². The van der Waals surface area contributed by atoms with Crippen LogP contribution in [0.25, 0.3) is 6.08 Å². The molecule has 0 N–H and O–H groups in total. The predicted molar refractivity (Wildman–Crippen MR) is 126 cm³/mol. The van der Waals surface area contributed by atoms with Crippen LogP contribution in [0.5, 0.6) is 0 Å². The minimum Gasteiger partial charge on any atom is -0.457 e. The van der Waals surface area contributed by atoms with Crippen LogP contribution in [0.2, 0.25) is 0 Å². The van der Waals surface area contributed by atoms with Crippen LogP contribution in [0.3, 0.4) is 0 Å². The van der Waals surface area contributed by atoms with Gasteiger partial charge in [-0.3, -0.25) is 4.79 Å². The molecule has 5 rings (SSSR count). The minimum absolute atomic E-state index is 0.0620. The van der Waals surface area contributed by atoms with E-state index in [0.29, 0.717) is 11.3 Å². The molecular weight excluding hydrogens is 380 g/mol. The lowest BCUT2D eigenvalue weighted by atomic mass is 9.44. The van der Waals surface area contributed by atoms with E-state index < -0.39 is 0 Å². The number of esters is 1. The highest BCUT2D eigenvalue weighted by atomic mass is 16.5. The van der Waals surface area contributed by atoms with Crippen LogP contribution in [-0.4, -0.2) is 12.1 Å². The molecule has 0 aliphatic heterocycles. The van der Waals surface area contributed by atoms with Gasteiger partial charge in [0.1, 0.15) is 6.10 Å². The van der Waals surface area contributed by atoms with Gasteiger partial charge in [-0.05, 0) is 91.1 Å². The third-order valence-electron chi connectivity index (χ3n) is 10.2. The molecule has 0 amide bonds. The Kier molecular flexibility index (Phi) is 5.34. The summed E-state index contributed by atoms with van der Waals surface area (Å²) in [6.07, 6.45) is 12.9. The van der Waals surface area contributed by atoms with E-state index >= 15 is 0 Å². The standard InChI is InChI=1S/C29H40O2/c1-19-12-14-28(3)23(16-19)10-11-24-25(28)13-15-29(4)26(24)18-22(27(29)31-20(2)30)17-21-8-6-5-7-9-21/h5-9,17,19,23-27H,10-16,18H2,1-4H3/b22-17+/t19-,23+,24-,25+,26+,27+,28+,29+/m0/s1. The topological polar surface area (TPSA) is 26.3 Å². The Morgan fingerprint density at radius 3 is 2.48 bits per heavy atom. The zero-order valence-electron chi connectivity index (χ0n) is 19.9. The van der Waals surface area contributed by atoms with Crippen LogP contribution in [0.15, 0.2) is 35.9 Å². The first kappa shape index (κ1) is 21.3. The molecule has 4 fully saturated rings. The molecule has 4 aliphatic rings. The second-order valence-electron chi connectivity index (χ2n) is 11.9. The van der Waals surface area contributed by atoms with Gasteiger partial charge in [-0.15, -0.1) is 0 Å². The Morgan fingerprint density at radius 2 is 1.74 bits per heavy atom. The molecule has 1 aromatic carbocycles. The van der Waals surface area contributed by atoms with E-state index in [9.17, 15) is 4.79 Å². The summed E-state index contributed by atoms with van der Waals surface area (Å²) in [4.78, 5) is 12.1. The number of hydrogen-bond acceptors (Lipinski definition) is 2. The SMILES string of the molecule is CC(=O)O[C@@H]1/C(=C/c2ccccc2)C[C@@H]2[C@H]3CC[C@@H]4C[C@@H](C)CC[C@@]4(C)[C@@H]3CC[C@@]12C. The average molecular weight is 421 g/mol. The van der Waals surface area contributed by atoms with Crippen molar-refractivity contribution in [2.24, 2.45) is 40.4 Å². The smallest absolute Gasteiger partial charge is 0.303 e. The summed E-state index contributed by atoms with van der Waals surface area (Å²) < 4.78 is 6.09. The summed E-state index contributed by atoms with van der Waals surface area (Å²) in [5.74, 6) is 3.97. The Bertz CT molecular complexity index is 857. The summed E-state index contributed by atoms with van der Waals surface area (Å²) in [5, 5.41) is 0. The Balaban J connectivity index is 1.48. The number of carbonyl (C=O) groups is 1. The first-order chi connectivity index (χ1) is 14.8. The summed E-state index contributed by atoms with van der Waals surface area (Å²) in [6, 6.07) is 10.6. The molecule has 1 aromatic rings. The molecule has 8 atom stereocenters. The van der Waals surface area contributed by atoms with Crippen molar-refractivity contribution < 1.29 is 9.53 Å². The monoisotopic (exact) mass is 420 g/mol. The number of rotatable bonds is 2. The lowest BCUT2D eigenvalue weighted by Crippen LogP contribution is -2.54. The van der Waals surface area contributed by atoms with Gasteiger partial charge >= 0.3 is 5.97 Å². The highest BCUT2D eigenvalue weighted by Crippen LogP contribution is 2.67. The third-order valence-corrected chi connectivity index (χ3v) is 10.2. The third kappa shape index (κ3) is 3.49. The van der Waals surface area contributed by atoms with Crippen LogP contribution in [0.1, 0.15) is 84.6 Å². The Morgan fingerprint density at radius 1 is 1.00 bits per heavy atom. The molecule has 4 saturated carbocycles. The van der Waals surface area contributed by atoms with Crippen LogP contribution in [0, 0.1) is 40.4 Å². The van der Waals surface area contributed by atoms with Crippen molar-refractivity contribution in [3.05, 3.63) is 41.5 Å². The summed E-state index contributed by atoms with van der Waals surface area (Å²) in [5.41, 5.74) is 3.18. The maximum Gasteiger partial charge on any atom is 0.303 e. The van der Waals surface area contributed by atoms with Crippen molar-refractivity contribution in [1.29, 1.82) is 0 Å². The maximum absolute atomic E-state index is 12.1. The summed E-state index contributed by atoms with van der Waals surface area (Å²) in [7, 11) is 0. The fraction of sp³-hybridized carbons (Fsp3) is 0.690. The van der Waals surface area contributed by atoms with Gasteiger partial charge in [0.25, 0.3) is 0 Å². The van der Waals surface area contributed by atoms with Gasteiger partial charge in [-0.2, -0.15) is 0 Å². The molecule has 168 valence electrons. The van der Waals surface area contributed by atoms with E-state index in [4.69, 9.17) is 4.74 Å². The van der Waals surface area contributed by atoms with E-state index in [2.05, 4.69) is 57.2 Å². The van der Waals surface area contributed by atoms with E-state index in [0.717, 1.165) is 30.1 Å². The number of carbonyl (C=O) groups excluding carboxylic acids is 1. The minimum atomic E-state index is -0.134. The van der Waals surface area contributed by atoms with Crippen LogP contribution in [-0.2, 0) is 9.53 Å². The lowest BCUT2D eigenvalue weighted by molar-refractivity contribution is -0.159.